The van der Waals surface area contributed by atoms with Gasteiger partial charge in [-0.05, 0) is 45.0 Å². The van der Waals surface area contributed by atoms with E-state index in [1.807, 2.05) is 6.07 Å². The Morgan fingerprint density at radius 2 is 2.00 bits per heavy atom. The quantitative estimate of drug-likeness (QED) is 0.784. The average molecular weight is 249 g/mol. The van der Waals surface area contributed by atoms with Gasteiger partial charge in [0, 0.05) is 23.3 Å². The van der Waals surface area contributed by atoms with Crippen LogP contribution in [0.15, 0.2) is 18.2 Å². The molecule has 0 aliphatic rings. The predicted octanol–water partition coefficient (Wildman–Crippen LogP) is 1.99. The third kappa shape index (κ3) is 3.23. The fourth-order valence-corrected chi connectivity index (χ4v) is 1.63. The molecule has 1 amide bonds. The molecule has 0 aliphatic carbocycles. The van der Waals surface area contributed by atoms with Crippen molar-refractivity contribution >= 4 is 11.6 Å². The fourth-order valence-electron chi connectivity index (χ4n) is 1.63. The van der Waals surface area contributed by atoms with Crippen LogP contribution in [0.25, 0.3) is 0 Å². The van der Waals surface area contributed by atoms with Crippen LogP contribution in [0.2, 0.25) is 0 Å². The van der Waals surface area contributed by atoms with Gasteiger partial charge in [-0.1, -0.05) is 13.0 Å². The summed E-state index contributed by atoms with van der Waals surface area (Å²) in [4.78, 5) is 13.3. The van der Waals surface area contributed by atoms with E-state index in [1.54, 1.807) is 12.1 Å². The maximum atomic E-state index is 11.0. The van der Waals surface area contributed by atoms with Crippen molar-refractivity contribution < 1.29 is 4.79 Å². The number of hydrogen-bond donors (Lipinski definition) is 2. The molecule has 0 atom stereocenters. The van der Waals surface area contributed by atoms with Gasteiger partial charge in [-0.3, -0.25) is 9.69 Å². The van der Waals surface area contributed by atoms with E-state index in [0.29, 0.717) is 11.3 Å². The maximum Gasteiger partial charge on any atom is 0.248 e. The third-order valence-electron chi connectivity index (χ3n) is 3.74. The summed E-state index contributed by atoms with van der Waals surface area (Å²) in [5, 5.41) is 0. The number of anilines is 1. The van der Waals surface area contributed by atoms with Crippen LogP contribution in [0.3, 0.4) is 0 Å². The number of nitrogen functional groups attached to an aromatic ring is 1. The summed E-state index contributed by atoms with van der Waals surface area (Å²) in [6.45, 7) is 7.31. The van der Waals surface area contributed by atoms with E-state index in [4.69, 9.17) is 11.5 Å². The fraction of sp³-hybridized carbons (Fsp3) is 0.500. The first-order valence-corrected chi connectivity index (χ1v) is 6.17. The van der Waals surface area contributed by atoms with Crippen LogP contribution in [-0.2, 0) is 6.54 Å². The Hall–Kier alpha value is -1.55. The molecule has 0 aliphatic heterocycles. The third-order valence-corrected chi connectivity index (χ3v) is 3.74. The van der Waals surface area contributed by atoms with Gasteiger partial charge in [0.25, 0.3) is 0 Å². The van der Waals surface area contributed by atoms with Crippen LogP contribution in [0, 0.1) is 0 Å². The van der Waals surface area contributed by atoms with Gasteiger partial charge >= 0.3 is 0 Å². The van der Waals surface area contributed by atoms with Crippen molar-refractivity contribution in [1.82, 2.24) is 4.90 Å². The lowest BCUT2D eigenvalue weighted by molar-refractivity contribution is 0.1000. The zero-order chi connectivity index (χ0) is 13.9. The topological polar surface area (TPSA) is 72.3 Å². The molecule has 1 aromatic rings. The van der Waals surface area contributed by atoms with Crippen LogP contribution in [0.4, 0.5) is 5.69 Å². The highest BCUT2D eigenvalue weighted by Gasteiger charge is 2.21. The van der Waals surface area contributed by atoms with Gasteiger partial charge in [-0.15, -0.1) is 0 Å². The normalized spacial score (nSPS) is 11.8. The number of nitrogens with zero attached hydrogens (tertiary/aromatic N) is 1. The number of nitrogens with two attached hydrogens (primary N) is 2. The maximum absolute atomic E-state index is 11.0. The van der Waals surface area contributed by atoms with Crippen LogP contribution in [-0.4, -0.2) is 23.4 Å². The second-order valence-corrected chi connectivity index (χ2v) is 5.30. The Morgan fingerprint density at radius 3 is 2.44 bits per heavy atom. The molecule has 4 nitrogen and oxygen atoms in total. The summed E-state index contributed by atoms with van der Waals surface area (Å²) in [5.41, 5.74) is 13.4. The summed E-state index contributed by atoms with van der Waals surface area (Å²) in [6.07, 6.45) is 1.06. The Kier molecular flexibility index (Phi) is 4.35. The van der Waals surface area contributed by atoms with Crippen molar-refractivity contribution in [3.05, 3.63) is 29.3 Å². The first-order chi connectivity index (χ1) is 8.27. The highest BCUT2D eigenvalue weighted by atomic mass is 16.1. The summed E-state index contributed by atoms with van der Waals surface area (Å²) in [6, 6.07) is 5.24. The number of carbonyl (C=O) groups excluding carboxylic acids is 1. The minimum atomic E-state index is -0.449. The summed E-state index contributed by atoms with van der Waals surface area (Å²) in [7, 11) is 2.07. The van der Waals surface area contributed by atoms with Gasteiger partial charge in [-0.2, -0.15) is 0 Å². The SMILES string of the molecule is CCC(C)(C)N(C)Cc1ccc(C(N)=O)cc1N. The molecule has 4 N–H and O–H groups in total. The second kappa shape index (κ2) is 5.40. The molecule has 100 valence electrons. The van der Waals surface area contributed by atoms with E-state index in [1.165, 1.54) is 0 Å². The lowest BCUT2D eigenvalue weighted by atomic mass is 9.98. The van der Waals surface area contributed by atoms with Crippen LogP contribution < -0.4 is 11.5 Å². The van der Waals surface area contributed by atoms with Crippen LogP contribution in [0.1, 0.15) is 43.1 Å². The Balaban J connectivity index is 2.89. The van der Waals surface area contributed by atoms with Crippen molar-refractivity contribution in [1.29, 1.82) is 0 Å². The predicted molar refractivity (Wildman–Crippen MR) is 75.2 cm³/mol. The Bertz CT molecular complexity index is 441. The molecule has 1 rings (SSSR count). The van der Waals surface area contributed by atoms with Crippen molar-refractivity contribution in [3.63, 3.8) is 0 Å². The van der Waals surface area contributed by atoms with E-state index in [2.05, 4.69) is 32.7 Å². The first-order valence-electron chi connectivity index (χ1n) is 6.17. The molecule has 0 fully saturated rings. The Labute approximate surface area is 109 Å². The zero-order valence-electron chi connectivity index (χ0n) is 11.7. The molecule has 0 spiro atoms. The molecular weight excluding hydrogens is 226 g/mol. The van der Waals surface area contributed by atoms with E-state index < -0.39 is 5.91 Å². The molecule has 4 heteroatoms. The average Bonchev–Trinajstić information content (AvgIpc) is 2.31. The standard InChI is InChI=1S/C14H23N3O/c1-5-14(2,3)17(4)9-11-7-6-10(13(16)18)8-12(11)15/h6-8H,5,9,15H2,1-4H3,(H2,16,18). The summed E-state index contributed by atoms with van der Waals surface area (Å²) in [5.74, 6) is -0.449. The number of primary amides is 1. The minimum Gasteiger partial charge on any atom is -0.398 e. The highest BCUT2D eigenvalue weighted by Crippen LogP contribution is 2.22. The zero-order valence-corrected chi connectivity index (χ0v) is 11.7. The largest absolute Gasteiger partial charge is 0.398 e. The molecular formula is C14H23N3O. The molecule has 0 bridgehead atoms. The molecule has 0 aromatic heterocycles. The lowest BCUT2D eigenvalue weighted by Gasteiger charge is -2.35. The number of rotatable bonds is 5. The first kappa shape index (κ1) is 14.5. The molecule has 0 saturated heterocycles. The van der Waals surface area contributed by atoms with E-state index >= 15 is 0 Å². The van der Waals surface area contributed by atoms with E-state index in [0.717, 1.165) is 18.5 Å². The molecule has 0 saturated carbocycles. The smallest absolute Gasteiger partial charge is 0.248 e. The van der Waals surface area contributed by atoms with Crippen LogP contribution >= 0.6 is 0 Å². The monoisotopic (exact) mass is 249 g/mol. The number of benzene rings is 1. The van der Waals surface area contributed by atoms with Gasteiger partial charge in [-0.25, -0.2) is 0 Å². The van der Waals surface area contributed by atoms with Gasteiger partial charge in [0.1, 0.15) is 0 Å². The van der Waals surface area contributed by atoms with Gasteiger partial charge in [0.05, 0.1) is 0 Å². The summed E-state index contributed by atoms with van der Waals surface area (Å²) < 4.78 is 0. The van der Waals surface area contributed by atoms with E-state index in [9.17, 15) is 4.79 Å². The van der Waals surface area contributed by atoms with E-state index in [-0.39, 0.29) is 5.54 Å². The lowest BCUT2D eigenvalue weighted by Crippen LogP contribution is -2.39. The molecule has 0 unspecified atom stereocenters. The Morgan fingerprint density at radius 1 is 1.39 bits per heavy atom. The molecule has 0 radical (unpaired) electrons. The molecule has 18 heavy (non-hydrogen) atoms. The van der Waals surface area contributed by atoms with Crippen molar-refractivity contribution in [2.75, 3.05) is 12.8 Å². The minimum absolute atomic E-state index is 0.120. The van der Waals surface area contributed by atoms with Crippen molar-refractivity contribution in [2.24, 2.45) is 5.73 Å². The number of amides is 1. The van der Waals surface area contributed by atoms with Crippen molar-refractivity contribution in [3.8, 4) is 0 Å². The summed E-state index contributed by atoms with van der Waals surface area (Å²) >= 11 is 0. The van der Waals surface area contributed by atoms with Gasteiger partial charge in [0.15, 0.2) is 0 Å². The highest BCUT2D eigenvalue weighted by molar-refractivity contribution is 5.93. The molecule has 1 aromatic carbocycles. The number of hydrogen-bond acceptors (Lipinski definition) is 3. The number of carbonyl (C=O) groups is 1. The molecule has 0 heterocycles. The second-order valence-electron chi connectivity index (χ2n) is 5.30. The van der Waals surface area contributed by atoms with Crippen molar-refractivity contribution in [2.45, 2.75) is 39.3 Å². The van der Waals surface area contributed by atoms with Crippen LogP contribution in [0.5, 0.6) is 0 Å². The van der Waals surface area contributed by atoms with Gasteiger partial charge < -0.3 is 11.5 Å². The van der Waals surface area contributed by atoms with Gasteiger partial charge in [0.2, 0.25) is 5.91 Å².